The Kier molecular flexibility index (Phi) is 7.21. The quantitative estimate of drug-likeness (QED) is 0.779. The molecule has 1 aromatic carbocycles. The minimum atomic E-state index is 0.307. The average Bonchev–Trinajstić information content (AvgIpc) is 2.58. The molecular weight excluding hydrogens is 296 g/mol. The highest BCUT2D eigenvalue weighted by Gasteiger charge is 2.16. The number of halogens is 1. The van der Waals surface area contributed by atoms with Crippen molar-refractivity contribution in [2.75, 3.05) is 40.5 Å². The van der Waals surface area contributed by atoms with Gasteiger partial charge in [0.05, 0.1) is 12.8 Å². The van der Waals surface area contributed by atoms with E-state index in [9.17, 15) is 0 Å². The van der Waals surface area contributed by atoms with Crippen molar-refractivity contribution in [2.24, 2.45) is 0 Å². The van der Waals surface area contributed by atoms with Gasteiger partial charge in [-0.15, -0.1) is 0 Å². The monoisotopic (exact) mass is 320 g/mol. The van der Waals surface area contributed by atoms with E-state index in [0.29, 0.717) is 12.8 Å². The smallest absolute Gasteiger partial charge is 0.0986 e. The highest BCUT2D eigenvalue weighted by Crippen LogP contribution is 2.12. The molecule has 22 heavy (non-hydrogen) atoms. The van der Waals surface area contributed by atoms with Gasteiger partial charge in [0, 0.05) is 37.3 Å². The molecule has 1 heterocycles. The summed E-state index contributed by atoms with van der Waals surface area (Å²) in [5.74, 6) is 6.70. The molecule has 120 valence electrons. The number of benzene rings is 1. The number of likely N-dealkylation sites (N-methyl/N-ethyl adjacent to an activating group) is 1. The third-order valence-corrected chi connectivity index (χ3v) is 4.26. The largest absolute Gasteiger partial charge is 0.369 e. The lowest BCUT2D eigenvalue weighted by atomic mass is 10.1. The number of methoxy groups -OCH3 is 1. The zero-order chi connectivity index (χ0) is 15.8. The maximum atomic E-state index is 6.01. The summed E-state index contributed by atoms with van der Waals surface area (Å²) in [4.78, 5) is 4.72. The molecule has 1 aliphatic rings. The van der Waals surface area contributed by atoms with Crippen molar-refractivity contribution < 1.29 is 4.74 Å². The van der Waals surface area contributed by atoms with Gasteiger partial charge in [0.25, 0.3) is 0 Å². The van der Waals surface area contributed by atoms with E-state index in [1.54, 1.807) is 7.11 Å². The maximum absolute atomic E-state index is 6.01. The van der Waals surface area contributed by atoms with Crippen LogP contribution in [0, 0.1) is 11.8 Å². The number of hydrogen-bond donors (Lipinski definition) is 0. The second kappa shape index (κ2) is 9.17. The van der Waals surface area contributed by atoms with Crippen molar-refractivity contribution >= 4 is 11.6 Å². The Morgan fingerprint density at radius 3 is 2.91 bits per heavy atom. The predicted octanol–water partition coefficient (Wildman–Crippen LogP) is 3.08. The Morgan fingerprint density at radius 2 is 2.14 bits per heavy atom. The molecule has 1 fully saturated rings. The topological polar surface area (TPSA) is 15.7 Å². The summed E-state index contributed by atoms with van der Waals surface area (Å²) in [5, 5.41) is 0.741. The summed E-state index contributed by atoms with van der Waals surface area (Å²) in [6.45, 7) is 3.86. The van der Waals surface area contributed by atoms with Crippen molar-refractivity contribution in [3.8, 4) is 11.8 Å². The molecule has 0 bridgehead atoms. The predicted molar refractivity (Wildman–Crippen MR) is 92.0 cm³/mol. The van der Waals surface area contributed by atoms with Crippen LogP contribution in [0.25, 0.3) is 0 Å². The van der Waals surface area contributed by atoms with Crippen LogP contribution in [0.15, 0.2) is 24.3 Å². The zero-order valence-electron chi connectivity index (χ0n) is 13.5. The molecule has 4 heteroatoms. The highest BCUT2D eigenvalue weighted by molar-refractivity contribution is 6.30. The van der Waals surface area contributed by atoms with Gasteiger partial charge in [0.15, 0.2) is 0 Å². The van der Waals surface area contributed by atoms with Crippen LogP contribution in [0.4, 0.5) is 0 Å². The minimum Gasteiger partial charge on any atom is -0.369 e. The third kappa shape index (κ3) is 5.62. The van der Waals surface area contributed by atoms with Crippen LogP contribution in [-0.4, -0.2) is 56.4 Å². The molecular formula is C18H25ClN2O. The van der Waals surface area contributed by atoms with Crippen LogP contribution in [0.2, 0.25) is 5.02 Å². The lowest BCUT2D eigenvalue weighted by Gasteiger charge is -2.25. The normalized spacial score (nSPS) is 21.3. The van der Waals surface area contributed by atoms with Crippen molar-refractivity contribution in [3.63, 3.8) is 0 Å². The van der Waals surface area contributed by atoms with E-state index in [2.05, 4.69) is 28.7 Å². The van der Waals surface area contributed by atoms with Crippen molar-refractivity contribution in [3.05, 3.63) is 34.9 Å². The van der Waals surface area contributed by atoms with E-state index < -0.39 is 0 Å². The van der Waals surface area contributed by atoms with E-state index in [0.717, 1.165) is 36.6 Å². The minimum absolute atomic E-state index is 0.307. The van der Waals surface area contributed by atoms with Crippen LogP contribution in [-0.2, 0) is 4.74 Å². The molecule has 1 unspecified atom stereocenters. The standard InChI is InChI=1S/C18H25ClN2O/c1-20-12-13-21(15-22-2)11-4-3-8-18(20)10-9-16-6-5-7-17(19)14-16/h5-7,14,18H,3-4,8,11-13,15H2,1-2H3. The van der Waals surface area contributed by atoms with Gasteiger partial charge in [0.2, 0.25) is 0 Å². The first-order valence-corrected chi connectivity index (χ1v) is 8.25. The molecule has 0 aromatic heterocycles. The summed E-state index contributed by atoms with van der Waals surface area (Å²) >= 11 is 6.01. The Morgan fingerprint density at radius 1 is 1.27 bits per heavy atom. The van der Waals surface area contributed by atoms with Gasteiger partial charge in [-0.05, 0) is 44.5 Å². The van der Waals surface area contributed by atoms with Gasteiger partial charge in [-0.3, -0.25) is 9.80 Å². The van der Waals surface area contributed by atoms with Crippen LogP contribution < -0.4 is 0 Å². The Balaban J connectivity index is 2.01. The highest BCUT2D eigenvalue weighted by atomic mass is 35.5. The molecule has 1 aliphatic heterocycles. The van der Waals surface area contributed by atoms with Gasteiger partial charge in [0.1, 0.15) is 0 Å². The second-order valence-corrected chi connectivity index (χ2v) is 6.24. The number of hydrogen-bond acceptors (Lipinski definition) is 3. The van der Waals surface area contributed by atoms with Gasteiger partial charge in [-0.1, -0.05) is 29.5 Å². The fourth-order valence-electron chi connectivity index (χ4n) is 2.69. The summed E-state index contributed by atoms with van der Waals surface area (Å²) in [5.41, 5.74) is 0.988. The first-order chi connectivity index (χ1) is 10.7. The van der Waals surface area contributed by atoms with Crippen LogP contribution in [0.5, 0.6) is 0 Å². The van der Waals surface area contributed by atoms with Gasteiger partial charge < -0.3 is 4.74 Å². The number of rotatable bonds is 2. The van der Waals surface area contributed by atoms with Gasteiger partial charge in [-0.25, -0.2) is 0 Å². The fraction of sp³-hybridized carbons (Fsp3) is 0.556. The molecule has 0 saturated carbocycles. The number of ether oxygens (including phenoxy) is 1. The molecule has 2 rings (SSSR count). The van der Waals surface area contributed by atoms with Crippen LogP contribution >= 0.6 is 11.6 Å². The molecule has 3 nitrogen and oxygen atoms in total. The maximum Gasteiger partial charge on any atom is 0.0986 e. The molecule has 0 radical (unpaired) electrons. The van der Waals surface area contributed by atoms with Gasteiger partial charge in [-0.2, -0.15) is 0 Å². The molecule has 1 aromatic rings. The lowest BCUT2D eigenvalue weighted by Crippen LogP contribution is -2.37. The third-order valence-electron chi connectivity index (χ3n) is 4.02. The molecule has 0 spiro atoms. The van der Waals surface area contributed by atoms with Crippen molar-refractivity contribution in [1.82, 2.24) is 9.80 Å². The first-order valence-electron chi connectivity index (χ1n) is 7.87. The van der Waals surface area contributed by atoms with E-state index in [4.69, 9.17) is 16.3 Å². The van der Waals surface area contributed by atoms with Crippen LogP contribution in [0.1, 0.15) is 24.8 Å². The Bertz CT molecular complexity index is 523. The Labute approximate surface area is 139 Å². The summed E-state index contributed by atoms with van der Waals surface area (Å²) < 4.78 is 5.26. The second-order valence-electron chi connectivity index (χ2n) is 5.81. The van der Waals surface area contributed by atoms with Crippen molar-refractivity contribution in [2.45, 2.75) is 25.3 Å². The fourth-order valence-corrected chi connectivity index (χ4v) is 2.88. The molecule has 1 saturated heterocycles. The first kappa shape index (κ1) is 17.3. The molecule has 0 N–H and O–H groups in total. The van der Waals surface area contributed by atoms with E-state index >= 15 is 0 Å². The summed E-state index contributed by atoms with van der Waals surface area (Å²) in [6.07, 6.45) is 3.51. The van der Waals surface area contributed by atoms with Crippen LogP contribution in [0.3, 0.4) is 0 Å². The SMILES string of the molecule is COCN1CCCCC(C#Cc2cccc(Cl)c2)N(C)CC1. The Hall–Kier alpha value is -1.05. The average molecular weight is 321 g/mol. The van der Waals surface area contributed by atoms with Crippen molar-refractivity contribution in [1.29, 1.82) is 0 Å². The summed E-state index contributed by atoms with van der Waals surface area (Å²) in [6, 6.07) is 8.06. The zero-order valence-corrected chi connectivity index (χ0v) is 14.3. The molecule has 0 amide bonds. The van der Waals surface area contributed by atoms with E-state index in [-0.39, 0.29) is 0 Å². The lowest BCUT2D eigenvalue weighted by molar-refractivity contribution is 0.0581. The molecule has 1 atom stereocenters. The number of nitrogens with zero attached hydrogens (tertiary/aromatic N) is 2. The summed E-state index contributed by atoms with van der Waals surface area (Å²) in [7, 11) is 3.92. The van der Waals surface area contributed by atoms with E-state index in [1.807, 2.05) is 24.3 Å². The van der Waals surface area contributed by atoms with Gasteiger partial charge >= 0.3 is 0 Å². The molecule has 0 aliphatic carbocycles. The van der Waals surface area contributed by atoms with E-state index in [1.165, 1.54) is 12.8 Å².